The summed E-state index contributed by atoms with van der Waals surface area (Å²) in [6, 6.07) is 5.03. The van der Waals surface area contributed by atoms with Crippen LogP contribution in [-0.2, 0) is 4.74 Å². The minimum Gasteiger partial charge on any atom is -0.465 e. The number of carbonyl (C=O) groups excluding carboxylic acids is 1. The third-order valence-corrected chi connectivity index (χ3v) is 1.39. The van der Waals surface area contributed by atoms with Crippen molar-refractivity contribution in [3.8, 4) is 0 Å². The molecule has 0 saturated heterocycles. The third-order valence-electron chi connectivity index (χ3n) is 1.39. The maximum Gasteiger partial charge on any atom is 0.337 e. The molecule has 0 aliphatic carbocycles. The van der Waals surface area contributed by atoms with Gasteiger partial charge in [-0.3, -0.25) is 0 Å². The Hall–Kier alpha value is -1.38. The summed E-state index contributed by atoms with van der Waals surface area (Å²) in [6.45, 7) is 1.66. The zero-order chi connectivity index (χ0) is 9.14. The summed E-state index contributed by atoms with van der Waals surface area (Å²) >= 11 is 0. The smallest absolute Gasteiger partial charge is 0.337 e. The molecule has 0 unspecified atom stereocenters. The molecule has 12 heavy (non-hydrogen) atoms. The Morgan fingerprint density at radius 3 is 2.75 bits per heavy atom. The molecule has 0 aromatic heterocycles. The van der Waals surface area contributed by atoms with Crippen molar-refractivity contribution in [1.29, 1.82) is 0 Å². The average Bonchev–Trinajstić information content (AvgIpc) is 2.01. The maximum absolute atomic E-state index is 12.7. The Morgan fingerprint density at radius 1 is 1.58 bits per heavy atom. The molecule has 0 atom stereocenters. The van der Waals surface area contributed by atoms with E-state index in [4.69, 9.17) is 0 Å². The number of ether oxygens (including phenoxy) is 1. The minimum atomic E-state index is -0.546. The fraction of sp³-hybridized carbons (Fsp3) is 0.222. The van der Waals surface area contributed by atoms with Gasteiger partial charge in [-0.15, -0.1) is 0 Å². The Bertz CT molecular complexity index is 287. The van der Waals surface area contributed by atoms with E-state index < -0.39 is 11.8 Å². The zero-order valence-electron chi connectivity index (χ0n) is 6.85. The molecule has 0 saturated carbocycles. The van der Waals surface area contributed by atoms with E-state index in [2.05, 4.69) is 10.8 Å². The molecular weight excluding hydrogens is 159 g/mol. The van der Waals surface area contributed by atoms with E-state index in [0.717, 1.165) is 6.07 Å². The van der Waals surface area contributed by atoms with Crippen LogP contribution in [0.1, 0.15) is 15.9 Å². The van der Waals surface area contributed by atoms with Crippen molar-refractivity contribution in [1.82, 2.24) is 0 Å². The van der Waals surface area contributed by atoms with E-state index in [1.807, 2.05) is 0 Å². The van der Waals surface area contributed by atoms with E-state index in [-0.39, 0.29) is 5.56 Å². The van der Waals surface area contributed by atoms with Crippen molar-refractivity contribution in [2.75, 3.05) is 7.11 Å². The van der Waals surface area contributed by atoms with Crippen LogP contribution in [-0.4, -0.2) is 13.1 Å². The summed E-state index contributed by atoms with van der Waals surface area (Å²) in [5.74, 6) is -1.08. The average molecular weight is 167 g/mol. The number of halogens is 1. The lowest BCUT2D eigenvalue weighted by Gasteiger charge is -1.99. The number of esters is 1. The number of benzene rings is 1. The van der Waals surface area contributed by atoms with Gasteiger partial charge in [0.1, 0.15) is 5.82 Å². The number of methoxy groups -OCH3 is 1. The Kier molecular flexibility index (Phi) is 2.43. The van der Waals surface area contributed by atoms with Crippen LogP contribution in [0.2, 0.25) is 0 Å². The van der Waals surface area contributed by atoms with Crippen molar-refractivity contribution >= 4 is 5.97 Å². The molecular formula is C9H8FO2. The molecule has 1 rings (SSSR count). The lowest BCUT2D eigenvalue weighted by Crippen LogP contribution is -2.02. The molecule has 0 amide bonds. The first-order valence-corrected chi connectivity index (χ1v) is 3.41. The van der Waals surface area contributed by atoms with Gasteiger partial charge >= 0.3 is 5.97 Å². The fourth-order valence-electron chi connectivity index (χ4n) is 0.908. The van der Waals surface area contributed by atoms with Gasteiger partial charge in [0.2, 0.25) is 0 Å². The molecule has 0 spiro atoms. The maximum atomic E-state index is 12.7. The summed E-state index contributed by atoms with van der Waals surface area (Å²) in [7, 11) is 1.26. The van der Waals surface area contributed by atoms with Gasteiger partial charge in [-0.2, -0.15) is 0 Å². The summed E-state index contributed by atoms with van der Waals surface area (Å²) in [6.07, 6.45) is 0. The lowest BCUT2D eigenvalue weighted by molar-refractivity contribution is 0.0600. The van der Waals surface area contributed by atoms with E-state index in [1.54, 1.807) is 6.92 Å². The highest BCUT2D eigenvalue weighted by molar-refractivity contribution is 5.89. The van der Waals surface area contributed by atoms with Crippen LogP contribution in [0.5, 0.6) is 0 Å². The summed E-state index contributed by atoms with van der Waals surface area (Å²) < 4.78 is 17.1. The van der Waals surface area contributed by atoms with Gasteiger partial charge in [-0.1, -0.05) is 0 Å². The molecule has 2 nitrogen and oxygen atoms in total. The van der Waals surface area contributed by atoms with E-state index >= 15 is 0 Å². The number of carbonyl (C=O) groups is 1. The largest absolute Gasteiger partial charge is 0.465 e. The van der Waals surface area contributed by atoms with Crippen molar-refractivity contribution in [2.45, 2.75) is 6.92 Å². The Morgan fingerprint density at radius 2 is 2.25 bits per heavy atom. The second-order valence-electron chi connectivity index (χ2n) is 2.39. The van der Waals surface area contributed by atoms with Crippen LogP contribution in [0.3, 0.4) is 0 Å². The predicted octanol–water partition coefficient (Wildman–Crippen LogP) is 1.72. The Labute approximate surface area is 70.0 Å². The molecule has 0 aliphatic heterocycles. The van der Waals surface area contributed by atoms with E-state index in [9.17, 15) is 9.18 Å². The van der Waals surface area contributed by atoms with Crippen LogP contribution in [0, 0.1) is 18.8 Å². The third kappa shape index (κ3) is 1.81. The predicted molar refractivity (Wildman–Crippen MR) is 41.3 cm³/mol. The number of rotatable bonds is 1. The first kappa shape index (κ1) is 8.71. The topological polar surface area (TPSA) is 26.3 Å². The molecule has 3 heteroatoms. The van der Waals surface area contributed by atoms with Crippen LogP contribution in [0.25, 0.3) is 0 Å². The molecule has 0 bridgehead atoms. The Balaban J connectivity index is 3.08. The highest BCUT2D eigenvalue weighted by atomic mass is 19.1. The van der Waals surface area contributed by atoms with Crippen LogP contribution < -0.4 is 0 Å². The molecule has 0 aliphatic rings. The van der Waals surface area contributed by atoms with Crippen LogP contribution in [0.4, 0.5) is 4.39 Å². The molecule has 0 fully saturated rings. The van der Waals surface area contributed by atoms with Crippen molar-refractivity contribution in [3.63, 3.8) is 0 Å². The first-order valence-electron chi connectivity index (χ1n) is 3.41. The monoisotopic (exact) mass is 167 g/mol. The quantitative estimate of drug-likeness (QED) is 0.595. The normalized spacial score (nSPS) is 9.58. The van der Waals surface area contributed by atoms with Crippen molar-refractivity contribution in [3.05, 3.63) is 35.1 Å². The van der Waals surface area contributed by atoms with E-state index in [0.29, 0.717) is 5.56 Å². The van der Waals surface area contributed by atoms with Crippen LogP contribution in [0.15, 0.2) is 12.1 Å². The highest BCUT2D eigenvalue weighted by Crippen LogP contribution is 2.08. The molecule has 0 heterocycles. The zero-order valence-corrected chi connectivity index (χ0v) is 6.85. The van der Waals surface area contributed by atoms with Gasteiger partial charge in [0.25, 0.3) is 0 Å². The molecule has 1 aromatic carbocycles. The number of aryl methyl sites for hydroxylation is 1. The van der Waals surface area contributed by atoms with Crippen LogP contribution >= 0.6 is 0 Å². The molecule has 1 radical (unpaired) electrons. The SMILES string of the molecule is COC(=O)c1cc(C)[c]c(F)c1. The number of hydrogen-bond acceptors (Lipinski definition) is 2. The van der Waals surface area contributed by atoms with E-state index in [1.165, 1.54) is 13.2 Å². The van der Waals surface area contributed by atoms with Gasteiger partial charge < -0.3 is 4.74 Å². The van der Waals surface area contributed by atoms with Crippen molar-refractivity contribution < 1.29 is 13.9 Å². The molecule has 63 valence electrons. The van der Waals surface area contributed by atoms with Gasteiger partial charge in [0.15, 0.2) is 0 Å². The van der Waals surface area contributed by atoms with Gasteiger partial charge in [0, 0.05) is 6.07 Å². The summed E-state index contributed by atoms with van der Waals surface area (Å²) in [4.78, 5) is 10.9. The second-order valence-corrected chi connectivity index (χ2v) is 2.39. The minimum absolute atomic E-state index is 0.214. The summed E-state index contributed by atoms with van der Waals surface area (Å²) in [5, 5.41) is 0. The fourth-order valence-corrected chi connectivity index (χ4v) is 0.908. The number of hydrogen-bond donors (Lipinski definition) is 0. The summed E-state index contributed by atoms with van der Waals surface area (Å²) in [5.41, 5.74) is 0.793. The van der Waals surface area contributed by atoms with Gasteiger partial charge in [-0.25, -0.2) is 9.18 Å². The molecule has 1 aromatic rings. The molecule has 0 N–H and O–H groups in total. The van der Waals surface area contributed by atoms with Crippen molar-refractivity contribution in [2.24, 2.45) is 0 Å². The van der Waals surface area contributed by atoms with Gasteiger partial charge in [0.05, 0.1) is 12.7 Å². The second kappa shape index (κ2) is 3.34. The van der Waals surface area contributed by atoms with Gasteiger partial charge in [-0.05, 0) is 24.6 Å². The first-order chi connectivity index (χ1) is 5.63. The standard InChI is InChI=1S/C9H8FO2/c1-6-3-7(9(11)12-2)5-8(10)4-6/h3,5H,1-2H3. The highest BCUT2D eigenvalue weighted by Gasteiger charge is 2.06. The lowest BCUT2D eigenvalue weighted by atomic mass is 10.1.